The Hall–Kier alpha value is -2.30. The van der Waals surface area contributed by atoms with Gasteiger partial charge in [-0.1, -0.05) is 19.3 Å². The maximum atomic E-state index is 12.5. The molecule has 1 aromatic heterocycles. The van der Waals surface area contributed by atoms with E-state index in [1.165, 1.54) is 25.7 Å². The Balaban J connectivity index is 1.36. The van der Waals surface area contributed by atoms with Crippen LogP contribution in [0, 0.1) is 25.7 Å². The molecule has 4 rings (SSSR count). The highest BCUT2D eigenvalue weighted by atomic mass is 16.5. The Bertz CT molecular complexity index is 870. The topological polar surface area (TPSA) is 62.4 Å². The Labute approximate surface area is 160 Å². The summed E-state index contributed by atoms with van der Waals surface area (Å²) in [5.74, 6) is 0.915. The fourth-order valence-corrected chi connectivity index (χ4v) is 4.72. The van der Waals surface area contributed by atoms with Crippen molar-refractivity contribution in [2.24, 2.45) is 11.8 Å². The number of likely N-dealkylation sites (tertiary alicyclic amines) is 1. The van der Waals surface area contributed by atoms with Gasteiger partial charge in [-0.3, -0.25) is 4.79 Å². The summed E-state index contributed by atoms with van der Waals surface area (Å²) >= 11 is 0. The Morgan fingerprint density at radius 1 is 1.15 bits per heavy atom. The highest BCUT2D eigenvalue weighted by Gasteiger charge is 2.33. The molecule has 1 aliphatic heterocycles. The molecule has 2 aromatic rings. The van der Waals surface area contributed by atoms with Crippen molar-refractivity contribution in [1.82, 2.24) is 9.88 Å². The molecular formula is C22H28N2O3. The maximum Gasteiger partial charge on any atom is 0.338 e. The van der Waals surface area contributed by atoms with E-state index in [1.807, 2.05) is 30.9 Å². The van der Waals surface area contributed by atoms with E-state index in [0.29, 0.717) is 11.5 Å². The molecule has 1 aliphatic carbocycles. The normalized spacial score (nSPS) is 22.5. The molecule has 2 aliphatic rings. The van der Waals surface area contributed by atoms with Gasteiger partial charge in [0, 0.05) is 29.7 Å². The van der Waals surface area contributed by atoms with Gasteiger partial charge in [-0.15, -0.1) is 0 Å². The average Bonchev–Trinajstić information content (AvgIpc) is 2.98. The molecule has 0 spiro atoms. The molecule has 1 aromatic carbocycles. The summed E-state index contributed by atoms with van der Waals surface area (Å²) in [6.07, 6.45) is 6.23. The lowest BCUT2D eigenvalue weighted by atomic mass is 9.75. The van der Waals surface area contributed by atoms with Crippen LogP contribution in [0.4, 0.5) is 0 Å². The van der Waals surface area contributed by atoms with Crippen LogP contribution in [-0.2, 0) is 9.53 Å². The number of aromatic amines is 1. The van der Waals surface area contributed by atoms with Crippen molar-refractivity contribution in [2.45, 2.75) is 46.0 Å². The van der Waals surface area contributed by atoms with Gasteiger partial charge < -0.3 is 14.6 Å². The molecule has 1 N–H and O–H groups in total. The van der Waals surface area contributed by atoms with E-state index < -0.39 is 5.97 Å². The Morgan fingerprint density at radius 2 is 1.93 bits per heavy atom. The number of nitrogens with one attached hydrogen (secondary N) is 1. The van der Waals surface area contributed by atoms with Crippen LogP contribution in [0.15, 0.2) is 18.2 Å². The number of carbonyl (C=O) groups excluding carboxylic acids is 2. The van der Waals surface area contributed by atoms with Crippen molar-refractivity contribution in [3.63, 3.8) is 0 Å². The fourth-order valence-electron chi connectivity index (χ4n) is 4.72. The second-order valence-corrected chi connectivity index (χ2v) is 8.14. The summed E-state index contributed by atoms with van der Waals surface area (Å²) in [4.78, 5) is 30.1. The van der Waals surface area contributed by atoms with Crippen molar-refractivity contribution < 1.29 is 14.3 Å². The largest absolute Gasteiger partial charge is 0.452 e. The third-order valence-electron chi connectivity index (χ3n) is 6.51. The first-order chi connectivity index (χ1) is 13.0. The highest BCUT2D eigenvalue weighted by Crippen LogP contribution is 2.36. The number of rotatable bonds is 3. The zero-order chi connectivity index (χ0) is 19.0. The maximum absolute atomic E-state index is 12.5. The zero-order valence-corrected chi connectivity index (χ0v) is 16.2. The lowest BCUT2D eigenvalue weighted by molar-refractivity contribution is -0.137. The molecule has 1 saturated heterocycles. The summed E-state index contributed by atoms with van der Waals surface area (Å²) in [7, 11) is 0. The van der Waals surface area contributed by atoms with Crippen LogP contribution >= 0.6 is 0 Å². The van der Waals surface area contributed by atoms with Gasteiger partial charge in [0.05, 0.1) is 5.56 Å². The Morgan fingerprint density at radius 3 is 2.74 bits per heavy atom. The van der Waals surface area contributed by atoms with E-state index in [1.54, 1.807) is 6.07 Å². The quantitative estimate of drug-likeness (QED) is 0.834. The first-order valence-electron chi connectivity index (χ1n) is 10.1. The van der Waals surface area contributed by atoms with Gasteiger partial charge in [-0.25, -0.2) is 4.79 Å². The van der Waals surface area contributed by atoms with Gasteiger partial charge in [-0.2, -0.15) is 0 Å². The van der Waals surface area contributed by atoms with Gasteiger partial charge in [0.25, 0.3) is 5.91 Å². The molecule has 0 bridgehead atoms. The molecule has 2 unspecified atom stereocenters. The molecule has 1 saturated carbocycles. The molecular weight excluding hydrogens is 340 g/mol. The standard InChI is InChI=1S/C22H28N2O3/c1-14-15(2)23-20-8-7-17(11-19(14)20)22(26)27-13-21(25)24-10-9-16-5-3-4-6-18(16)12-24/h7-8,11,16,18,23H,3-6,9-10,12-13H2,1-2H3. The molecule has 144 valence electrons. The number of H-pyrrole nitrogens is 1. The summed E-state index contributed by atoms with van der Waals surface area (Å²) < 4.78 is 5.33. The first-order valence-corrected chi connectivity index (χ1v) is 10.1. The minimum atomic E-state index is -0.434. The Kier molecular flexibility index (Phi) is 4.94. The van der Waals surface area contributed by atoms with Crippen molar-refractivity contribution in [3.8, 4) is 0 Å². The van der Waals surface area contributed by atoms with Crippen LogP contribution < -0.4 is 0 Å². The van der Waals surface area contributed by atoms with Crippen LogP contribution in [0.1, 0.15) is 53.7 Å². The van der Waals surface area contributed by atoms with E-state index in [9.17, 15) is 9.59 Å². The number of esters is 1. The lowest BCUT2D eigenvalue weighted by Gasteiger charge is -2.41. The van der Waals surface area contributed by atoms with Crippen LogP contribution in [0.3, 0.4) is 0 Å². The third-order valence-corrected chi connectivity index (χ3v) is 6.51. The molecule has 5 heteroatoms. The van der Waals surface area contributed by atoms with Crippen LogP contribution in [-0.4, -0.2) is 41.5 Å². The zero-order valence-electron chi connectivity index (χ0n) is 16.2. The average molecular weight is 368 g/mol. The number of aromatic nitrogens is 1. The van der Waals surface area contributed by atoms with Gasteiger partial charge in [0.1, 0.15) is 0 Å². The van der Waals surface area contributed by atoms with Crippen molar-refractivity contribution in [1.29, 1.82) is 0 Å². The first kappa shape index (κ1) is 18.1. The van der Waals surface area contributed by atoms with Crippen LogP contribution in [0.5, 0.6) is 0 Å². The summed E-state index contributed by atoms with van der Waals surface area (Å²) in [5, 5.41) is 1.02. The molecule has 27 heavy (non-hydrogen) atoms. The number of ether oxygens (including phenoxy) is 1. The van der Waals surface area contributed by atoms with Crippen LogP contribution in [0.25, 0.3) is 10.9 Å². The SMILES string of the molecule is Cc1[nH]c2ccc(C(=O)OCC(=O)N3CCC4CCCCC4C3)cc2c1C. The number of carbonyl (C=O) groups is 2. The second kappa shape index (κ2) is 7.37. The molecule has 5 nitrogen and oxygen atoms in total. The molecule has 2 heterocycles. The molecule has 0 radical (unpaired) electrons. The van der Waals surface area contributed by atoms with Gasteiger partial charge in [0.2, 0.25) is 0 Å². The van der Waals surface area contributed by atoms with E-state index >= 15 is 0 Å². The minimum Gasteiger partial charge on any atom is -0.452 e. The predicted molar refractivity (Wildman–Crippen MR) is 105 cm³/mol. The number of amides is 1. The van der Waals surface area contributed by atoms with E-state index in [0.717, 1.165) is 47.6 Å². The molecule has 2 atom stereocenters. The third kappa shape index (κ3) is 3.60. The number of benzene rings is 1. The number of hydrogen-bond acceptors (Lipinski definition) is 3. The number of fused-ring (bicyclic) bond motifs is 2. The van der Waals surface area contributed by atoms with Gasteiger partial charge >= 0.3 is 5.97 Å². The van der Waals surface area contributed by atoms with Crippen LogP contribution in [0.2, 0.25) is 0 Å². The van der Waals surface area contributed by atoms with E-state index in [-0.39, 0.29) is 12.5 Å². The van der Waals surface area contributed by atoms with Crippen molar-refractivity contribution in [3.05, 3.63) is 35.0 Å². The monoisotopic (exact) mass is 368 g/mol. The predicted octanol–water partition coefficient (Wildman–Crippen LogP) is 3.98. The van der Waals surface area contributed by atoms with E-state index in [2.05, 4.69) is 4.98 Å². The number of aryl methyl sites for hydroxylation is 2. The highest BCUT2D eigenvalue weighted by molar-refractivity contribution is 5.96. The summed E-state index contributed by atoms with van der Waals surface area (Å²) in [6, 6.07) is 5.48. The summed E-state index contributed by atoms with van der Waals surface area (Å²) in [6.45, 7) is 5.50. The number of nitrogens with zero attached hydrogens (tertiary/aromatic N) is 1. The van der Waals surface area contributed by atoms with Gasteiger partial charge in [0.15, 0.2) is 6.61 Å². The molecule has 1 amide bonds. The van der Waals surface area contributed by atoms with Crippen molar-refractivity contribution in [2.75, 3.05) is 19.7 Å². The van der Waals surface area contributed by atoms with Gasteiger partial charge in [-0.05, 0) is 62.3 Å². The number of piperidine rings is 1. The minimum absolute atomic E-state index is 0.0675. The van der Waals surface area contributed by atoms with E-state index in [4.69, 9.17) is 4.74 Å². The summed E-state index contributed by atoms with van der Waals surface area (Å²) in [5.41, 5.74) is 3.72. The second-order valence-electron chi connectivity index (χ2n) is 8.14. The lowest BCUT2D eigenvalue weighted by Crippen LogP contribution is -2.46. The molecule has 2 fully saturated rings. The fraction of sp³-hybridized carbons (Fsp3) is 0.545. The van der Waals surface area contributed by atoms with Crippen molar-refractivity contribution >= 4 is 22.8 Å². The smallest absolute Gasteiger partial charge is 0.338 e. The number of hydrogen-bond donors (Lipinski definition) is 1.